The third-order valence-corrected chi connectivity index (χ3v) is 5.90. The van der Waals surface area contributed by atoms with Crippen molar-refractivity contribution in [2.75, 3.05) is 40.0 Å². The Morgan fingerprint density at radius 1 is 1.29 bits per heavy atom. The summed E-state index contributed by atoms with van der Waals surface area (Å²) >= 11 is 2.01. The smallest absolute Gasteiger partial charge is 0.191 e. The zero-order valence-corrected chi connectivity index (χ0v) is 14.7. The Morgan fingerprint density at radius 3 is 2.86 bits per heavy atom. The maximum atomic E-state index is 4.41. The molecule has 3 atom stereocenters. The van der Waals surface area contributed by atoms with Gasteiger partial charge in [0.1, 0.15) is 0 Å². The molecule has 21 heavy (non-hydrogen) atoms. The molecule has 0 aromatic heterocycles. The second-order valence-electron chi connectivity index (χ2n) is 6.59. The van der Waals surface area contributed by atoms with E-state index in [0.29, 0.717) is 6.04 Å². The Balaban J connectivity index is 1.72. The minimum atomic E-state index is 0.594. The molecule has 2 rings (SSSR count). The van der Waals surface area contributed by atoms with Crippen LogP contribution >= 0.6 is 11.8 Å². The van der Waals surface area contributed by atoms with Crippen LogP contribution in [0.2, 0.25) is 0 Å². The first-order valence-corrected chi connectivity index (χ1v) is 9.68. The Morgan fingerprint density at radius 2 is 2.14 bits per heavy atom. The zero-order chi connectivity index (χ0) is 15.1. The number of aliphatic imine (C=N–C) groups is 1. The van der Waals surface area contributed by atoms with Gasteiger partial charge in [-0.05, 0) is 57.9 Å². The largest absolute Gasteiger partial charge is 0.356 e. The Kier molecular flexibility index (Phi) is 7.17. The molecule has 5 heteroatoms. The number of nitrogens with one attached hydrogen (secondary N) is 2. The van der Waals surface area contributed by atoms with E-state index in [-0.39, 0.29) is 0 Å². The van der Waals surface area contributed by atoms with Gasteiger partial charge in [-0.3, -0.25) is 4.99 Å². The predicted octanol–water partition coefficient (Wildman–Crippen LogP) is 2.17. The molecule has 1 aliphatic heterocycles. The summed E-state index contributed by atoms with van der Waals surface area (Å²) in [6.07, 6.45) is 10.2. The lowest BCUT2D eigenvalue weighted by atomic mass is 9.95. The topological polar surface area (TPSA) is 39.7 Å². The Hall–Kier alpha value is -0.420. The molecule has 0 spiro atoms. The van der Waals surface area contributed by atoms with Crippen molar-refractivity contribution in [3.05, 3.63) is 0 Å². The van der Waals surface area contributed by atoms with Crippen LogP contribution in [0, 0.1) is 5.92 Å². The zero-order valence-electron chi connectivity index (χ0n) is 13.9. The van der Waals surface area contributed by atoms with Crippen molar-refractivity contribution < 1.29 is 0 Å². The number of nitrogens with zero attached hydrogens (tertiary/aromatic N) is 2. The van der Waals surface area contributed by atoms with E-state index >= 15 is 0 Å². The summed E-state index contributed by atoms with van der Waals surface area (Å²) in [5.41, 5.74) is 0. The quantitative estimate of drug-likeness (QED) is 0.616. The highest BCUT2D eigenvalue weighted by molar-refractivity contribution is 7.99. The van der Waals surface area contributed by atoms with Gasteiger partial charge in [0.25, 0.3) is 0 Å². The lowest BCUT2D eigenvalue weighted by molar-refractivity contribution is 0.210. The van der Waals surface area contributed by atoms with Crippen LogP contribution in [-0.2, 0) is 0 Å². The molecule has 4 nitrogen and oxygen atoms in total. The molecule has 0 aromatic carbocycles. The molecule has 2 aliphatic rings. The van der Waals surface area contributed by atoms with Crippen LogP contribution in [-0.4, -0.2) is 62.1 Å². The summed E-state index contributed by atoms with van der Waals surface area (Å²) in [5, 5.41) is 8.00. The average molecular weight is 313 g/mol. The third-order valence-electron chi connectivity index (χ3n) is 4.80. The van der Waals surface area contributed by atoms with Gasteiger partial charge < -0.3 is 15.5 Å². The van der Waals surface area contributed by atoms with Crippen molar-refractivity contribution in [2.45, 2.75) is 49.8 Å². The maximum absolute atomic E-state index is 4.41. The van der Waals surface area contributed by atoms with E-state index in [4.69, 9.17) is 0 Å². The first-order valence-electron chi connectivity index (χ1n) is 8.39. The average Bonchev–Trinajstić information content (AvgIpc) is 2.51. The van der Waals surface area contributed by atoms with Gasteiger partial charge in [-0.1, -0.05) is 6.42 Å². The van der Waals surface area contributed by atoms with Crippen LogP contribution in [0.25, 0.3) is 0 Å². The van der Waals surface area contributed by atoms with Crippen molar-refractivity contribution in [1.82, 2.24) is 15.5 Å². The van der Waals surface area contributed by atoms with E-state index in [1.165, 1.54) is 51.6 Å². The molecule has 0 aromatic rings. The molecule has 1 saturated carbocycles. The number of guanidine groups is 1. The molecule has 0 bridgehead atoms. The minimum absolute atomic E-state index is 0.594. The van der Waals surface area contributed by atoms with Crippen LogP contribution in [0.3, 0.4) is 0 Å². The van der Waals surface area contributed by atoms with E-state index in [1.807, 2.05) is 18.8 Å². The summed E-state index contributed by atoms with van der Waals surface area (Å²) < 4.78 is 0. The van der Waals surface area contributed by atoms with Gasteiger partial charge in [-0.2, -0.15) is 11.8 Å². The molecule has 1 heterocycles. The molecule has 2 fully saturated rings. The summed E-state index contributed by atoms with van der Waals surface area (Å²) in [6, 6.07) is 0.594. The number of thioether (sulfide) groups is 1. The van der Waals surface area contributed by atoms with Crippen LogP contribution in [0.4, 0.5) is 0 Å². The van der Waals surface area contributed by atoms with Crippen molar-refractivity contribution in [3.63, 3.8) is 0 Å². The van der Waals surface area contributed by atoms with Gasteiger partial charge in [-0.15, -0.1) is 0 Å². The van der Waals surface area contributed by atoms with Crippen LogP contribution in [0.15, 0.2) is 4.99 Å². The van der Waals surface area contributed by atoms with E-state index in [9.17, 15) is 0 Å². The number of rotatable bonds is 4. The second-order valence-corrected chi connectivity index (χ2v) is 7.73. The number of hydrogen-bond donors (Lipinski definition) is 2. The summed E-state index contributed by atoms with van der Waals surface area (Å²) in [5.74, 6) is 1.75. The summed E-state index contributed by atoms with van der Waals surface area (Å²) in [6.45, 7) is 3.51. The summed E-state index contributed by atoms with van der Waals surface area (Å²) in [4.78, 5) is 6.85. The molecule has 122 valence electrons. The van der Waals surface area contributed by atoms with Gasteiger partial charge in [0.05, 0.1) is 0 Å². The van der Waals surface area contributed by atoms with Crippen LogP contribution in [0.1, 0.15) is 38.5 Å². The molecular formula is C16H32N4S. The third kappa shape index (κ3) is 5.70. The van der Waals surface area contributed by atoms with Gasteiger partial charge in [0, 0.05) is 31.4 Å². The van der Waals surface area contributed by atoms with Crippen molar-refractivity contribution in [3.8, 4) is 0 Å². The van der Waals surface area contributed by atoms with E-state index in [2.05, 4.69) is 33.8 Å². The molecule has 2 N–H and O–H groups in total. The van der Waals surface area contributed by atoms with Gasteiger partial charge >= 0.3 is 0 Å². The standard InChI is InChI=1S/C16H32N4S/c1-17-16(18-11-13-6-5-9-20(2)12-13)19-14-7-4-8-15(10-14)21-3/h13-15H,4-12H2,1-3H3,(H2,17,18,19). The first kappa shape index (κ1) is 16.9. The maximum Gasteiger partial charge on any atom is 0.191 e. The molecule has 1 saturated heterocycles. The van der Waals surface area contributed by atoms with Crippen molar-refractivity contribution in [2.24, 2.45) is 10.9 Å². The SMILES string of the molecule is CN=C(NCC1CCCN(C)C1)NC1CCCC(SC)C1. The minimum Gasteiger partial charge on any atom is -0.356 e. The number of piperidine rings is 1. The van der Waals surface area contributed by atoms with Crippen molar-refractivity contribution >= 4 is 17.7 Å². The fraction of sp³-hybridized carbons (Fsp3) is 0.938. The number of likely N-dealkylation sites (tertiary alicyclic amines) is 1. The van der Waals surface area contributed by atoms with Gasteiger partial charge in [-0.25, -0.2) is 0 Å². The highest BCUT2D eigenvalue weighted by Gasteiger charge is 2.22. The van der Waals surface area contributed by atoms with Gasteiger partial charge in [0.2, 0.25) is 0 Å². The molecule has 1 aliphatic carbocycles. The highest BCUT2D eigenvalue weighted by Crippen LogP contribution is 2.26. The normalized spacial score (nSPS) is 32.0. The Labute approximate surface area is 134 Å². The fourth-order valence-electron chi connectivity index (χ4n) is 3.56. The van der Waals surface area contributed by atoms with Gasteiger partial charge in [0.15, 0.2) is 5.96 Å². The molecule has 0 radical (unpaired) electrons. The fourth-order valence-corrected chi connectivity index (χ4v) is 4.39. The lowest BCUT2D eigenvalue weighted by Crippen LogP contribution is -2.48. The van der Waals surface area contributed by atoms with Crippen LogP contribution < -0.4 is 10.6 Å². The second kappa shape index (κ2) is 8.89. The summed E-state index contributed by atoms with van der Waals surface area (Å²) in [7, 11) is 4.11. The predicted molar refractivity (Wildman–Crippen MR) is 94.3 cm³/mol. The molecule has 3 unspecified atom stereocenters. The van der Waals surface area contributed by atoms with E-state index < -0.39 is 0 Å². The van der Waals surface area contributed by atoms with Crippen LogP contribution in [0.5, 0.6) is 0 Å². The lowest BCUT2D eigenvalue weighted by Gasteiger charge is -2.32. The number of hydrogen-bond acceptors (Lipinski definition) is 3. The Bertz CT molecular complexity index is 334. The molecule has 0 amide bonds. The monoisotopic (exact) mass is 312 g/mol. The first-order chi connectivity index (χ1) is 10.2. The van der Waals surface area contributed by atoms with E-state index in [0.717, 1.165) is 23.7 Å². The molecular weight excluding hydrogens is 280 g/mol. The van der Waals surface area contributed by atoms with E-state index in [1.54, 1.807) is 0 Å². The highest BCUT2D eigenvalue weighted by atomic mass is 32.2. The van der Waals surface area contributed by atoms with Crippen molar-refractivity contribution in [1.29, 1.82) is 0 Å².